The highest BCUT2D eigenvalue weighted by Gasteiger charge is 2.21. The molecular weight excluding hydrogens is 298 g/mol. The van der Waals surface area contributed by atoms with Gasteiger partial charge in [0.05, 0.1) is 11.8 Å². The second kappa shape index (κ2) is 6.96. The molecule has 116 valence electrons. The highest BCUT2D eigenvalue weighted by Crippen LogP contribution is 2.29. The van der Waals surface area contributed by atoms with E-state index in [0.29, 0.717) is 23.3 Å². The first-order valence-corrected chi connectivity index (χ1v) is 8.57. The zero-order chi connectivity index (χ0) is 15.4. The number of carbonyl (C=O) groups is 1. The molecule has 0 fully saturated rings. The number of aryl methyl sites for hydroxylation is 2. The van der Waals surface area contributed by atoms with Crippen LogP contribution in [0.25, 0.3) is 0 Å². The first kappa shape index (κ1) is 15.1. The third-order valence-electron chi connectivity index (χ3n) is 3.78. The molecule has 1 amide bonds. The Bertz CT molecular complexity index is 656. The van der Waals surface area contributed by atoms with E-state index in [1.54, 1.807) is 0 Å². The van der Waals surface area contributed by atoms with Gasteiger partial charge in [0, 0.05) is 6.42 Å². The molecule has 0 saturated heterocycles. The number of benzene rings is 1. The summed E-state index contributed by atoms with van der Waals surface area (Å²) in [5.41, 5.74) is 2.59. The molecule has 22 heavy (non-hydrogen) atoms. The predicted octanol–water partition coefficient (Wildman–Crippen LogP) is 2.92. The molecule has 1 aromatic heterocycles. The predicted molar refractivity (Wildman–Crippen MR) is 84.7 cm³/mol. The fourth-order valence-corrected chi connectivity index (χ4v) is 3.30. The van der Waals surface area contributed by atoms with Crippen LogP contribution in [0.3, 0.4) is 0 Å². The van der Waals surface area contributed by atoms with Gasteiger partial charge in [0.25, 0.3) is 5.22 Å². The maximum absolute atomic E-state index is 12.1. The van der Waals surface area contributed by atoms with Crippen molar-refractivity contribution < 1.29 is 9.21 Å². The normalized spacial score (nSPS) is 17.0. The molecule has 5 nitrogen and oxygen atoms in total. The Morgan fingerprint density at radius 1 is 1.41 bits per heavy atom. The third-order valence-corrected chi connectivity index (χ3v) is 4.60. The highest BCUT2D eigenvalue weighted by molar-refractivity contribution is 7.99. The molecule has 1 atom stereocenters. The van der Waals surface area contributed by atoms with E-state index in [4.69, 9.17) is 4.42 Å². The van der Waals surface area contributed by atoms with Crippen molar-refractivity contribution in [3.63, 3.8) is 0 Å². The number of nitrogens with zero attached hydrogens (tertiary/aromatic N) is 2. The lowest BCUT2D eigenvalue weighted by atomic mass is 9.88. The quantitative estimate of drug-likeness (QED) is 0.859. The van der Waals surface area contributed by atoms with Crippen molar-refractivity contribution in [2.45, 2.75) is 43.9 Å². The van der Waals surface area contributed by atoms with Crippen LogP contribution in [0.4, 0.5) is 0 Å². The van der Waals surface area contributed by atoms with Crippen LogP contribution in [-0.2, 0) is 17.6 Å². The van der Waals surface area contributed by atoms with Gasteiger partial charge in [-0.3, -0.25) is 4.79 Å². The van der Waals surface area contributed by atoms with E-state index in [-0.39, 0.29) is 11.9 Å². The Kier molecular flexibility index (Phi) is 4.77. The molecule has 3 rings (SSSR count). The van der Waals surface area contributed by atoms with Crippen LogP contribution < -0.4 is 5.32 Å². The zero-order valence-electron chi connectivity index (χ0n) is 12.5. The number of carbonyl (C=O) groups excluding carboxylic acids is 1. The van der Waals surface area contributed by atoms with E-state index >= 15 is 0 Å². The molecule has 0 spiro atoms. The second-order valence-corrected chi connectivity index (χ2v) is 6.24. The van der Waals surface area contributed by atoms with Crippen LogP contribution in [0.15, 0.2) is 33.9 Å². The molecule has 0 bridgehead atoms. The first-order chi connectivity index (χ1) is 10.8. The van der Waals surface area contributed by atoms with E-state index in [2.05, 4.69) is 33.7 Å². The summed E-state index contributed by atoms with van der Waals surface area (Å²) >= 11 is 1.28. The summed E-state index contributed by atoms with van der Waals surface area (Å²) in [5, 5.41) is 11.4. The molecule has 6 heteroatoms. The van der Waals surface area contributed by atoms with E-state index in [0.717, 1.165) is 19.3 Å². The van der Waals surface area contributed by atoms with Crippen molar-refractivity contribution in [1.82, 2.24) is 15.5 Å². The van der Waals surface area contributed by atoms with Crippen LogP contribution in [0.5, 0.6) is 0 Å². The monoisotopic (exact) mass is 317 g/mol. The molecule has 1 N–H and O–H groups in total. The van der Waals surface area contributed by atoms with Gasteiger partial charge in [0.15, 0.2) is 0 Å². The topological polar surface area (TPSA) is 68.0 Å². The van der Waals surface area contributed by atoms with Crippen molar-refractivity contribution in [3.8, 4) is 0 Å². The summed E-state index contributed by atoms with van der Waals surface area (Å²) in [4.78, 5) is 12.1. The lowest BCUT2D eigenvalue weighted by Crippen LogP contribution is -2.32. The van der Waals surface area contributed by atoms with Gasteiger partial charge < -0.3 is 9.73 Å². The van der Waals surface area contributed by atoms with Crippen LogP contribution >= 0.6 is 11.8 Å². The maximum atomic E-state index is 12.1. The standard InChI is InChI=1S/C16H19N3O2S/c1-2-15-18-19-16(21-15)22-10-14(20)17-13-9-5-7-11-6-3-4-8-12(11)13/h3-4,6,8,13H,2,5,7,9-10H2,1H3,(H,17,20). The Morgan fingerprint density at radius 2 is 2.27 bits per heavy atom. The van der Waals surface area contributed by atoms with Gasteiger partial charge in [-0.2, -0.15) is 0 Å². The van der Waals surface area contributed by atoms with Crippen molar-refractivity contribution in [2.75, 3.05) is 5.75 Å². The molecule has 1 unspecified atom stereocenters. The number of aromatic nitrogens is 2. The third kappa shape index (κ3) is 3.50. The van der Waals surface area contributed by atoms with Gasteiger partial charge in [0.1, 0.15) is 0 Å². The van der Waals surface area contributed by atoms with Gasteiger partial charge >= 0.3 is 0 Å². The average Bonchev–Trinajstić information content (AvgIpc) is 3.01. The van der Waals surface area contributed by atoms with Gasteiger partial charge in [-0.15, -0.1) is 10.2 Å². The van der Waals surface area contributed by atoms with E-state index in [1.165, 1.54) is 22.9 Å². The Balaban J connectivity index is 1.56. The molecular formula is C16H19N3O2S. The number of rotatable bonds is 5. The number of hydrogen-bond acceptors (Lipinski definition) is 5. The van der Waals surface area contributed by atoms with Crippen molar-refractivity contribution in [3.05, 3.63) is 41.3 Å². The molecule has 1 aliphatic rings. The second-order valence-electron chi connectivity index (χ2n) is 5.32. The van der Waals surface area contributed by atoms with E-state index < -0.39 is 0 Å². The number of thioether (sulfide) groups is 1. The van der Waals surface area contributed by atoms with Crippen LogP contribution in [0, 0.1) is 0 Å². The van der Waals surface area contributed by atoms with Crippen molar-refractivity contribution in [1.29, 1.82) is 0 Å². The molecule has 2 aromatic rings. The first-order valence-electron chi connectivity index (χ1n) is 7.58. The van der Waals surface area contributed by atoms with Gasteiger partial charge in [-0.25, -0.2) is 0 Å². The Labute approximate surface area is 133 Å². The minimum atomic E-state index is 0.00273. The van der Waals surface area contributed by atoms with Crippen LogP contribution in [-0.4, -0.2) is 21.9 Å². The Hall–Kier alpha value is -1.82. The number of fused-ring (bicyclic) bond motifs is 1. The minimum Gasteiger partial charge on any atom is -0.416 e. The zero-order valence-corrected chi connectivity index (χ0v) is 13.4. The smallest absolute Gasteiger partial charge is 0.277 e. The number of hydrogen-bond donors (Lipinski definition) is 1. The summed E-state index contributed by atoms with van der Waals surface area (Å²) in [7, 11) is 0. The summed E-state index contributed by atoms with van der Waals surface area (Å²) in [6.45, 7) is 1.95. The minimum absolute atomic E-state index is 0.00273. The van der Waals surface area contributed by atoms with Gasteiger partial charge in [-0.1, -0.05) is 43.0 Å². The number of amides is 1. The maximum Gasteiger partial charge on any atom is 0.277 e. The summed E-state index contributed by atoms with van der Waals surface area (Å²) < 4.78 is 5.39. The summed E-state index contributed by atoms with van der Waals surface area (Å²) in [5.74, 6) is 0.899. The van der Waals surface area contributed by atoms with Gasteiger partial charge in [-0.05, 0) is 30.4 Å². The SMILES string of the molecule is CCc1nnc(SCC(=O)NC2CCCc3ccccc32)o1. The molecule has 1 aliphatic carbocycles. The summed E-state index contributed by atoms with van der Waals surface area (Å²) in [6, 6.07) is 8.46. The molecule has 1 aromatic carbocycles. The van der Waals surface area contributed by atoms with Crippen molar-refractivity contribution in [2.24, 2.45) is 0 Å². The molecule has 0 saturated carbocycles. The van der Waals surface area contributed by atoms with E-state index in [9.17, 15) is 4.79 Å². The Morgan fingerprint density at radius 3 is 3.09 bits per heavy atom. The number of nitrogens with one attached hydrogen (secondary N) is 1. The summed E-state index contributed by atoms with van der Waals surface area (Å²) in [6.07, 6.45) is 3.91. The van der Waals surface area contributed by atoms with Gasteiger partial charge in [0.2, 0.25) is 11.8 Å². The fraction of sp³-hybridized carbons (Fsp3) is 0.438. The van der Waals surface area contributed by atoms with Crippen LogP contribution in [0.2, 0.25) is 0 Å². The lowest BCUT2D eigenvalue weighted by Gasteiger charge is -2.26. The average molecular weight is 317 g/mol. The highest BCUT2D eigenvalue weighted by atomic mass is 32.2. The molecule has 1 heterocycles. The lowest BCUT2D eigenvalue weighted by molar-refractivity contribution is -0.119. The van der Waals surface area contributed by atoms with E-state index in [1.807, 2.05) is 13.0 Å². The van der Waals surface area contributed by atoms with Crippen molar-refractivity contribution >= 4 is 17.7 Å². The molecule has 0 aliphatic heterocycles. The fourth-order valence-electron chi connectivity index (χ4n) is 2.71. The molecule has 0 radical (unpaired) electrons. The largest absolute Gasteiger partial charge is 0.416 e. The van der Waals surface area contributed by atoms with Crippen LogP contribution in [0.1, 0.15) is 42.8 Å².